The van der Waals surface area contributed by atoms with E-state index in [1.165, 1.54) is 4.31 Å². The van der Waals surface area contributed by atoms with Crippen LogP contribution >= 0.6 is 0 Å². The van der Waals surface area contributed by atoms with Crippen molar-refractivity contribution in [3.8, 4) is 11.5 Å². The van der Waals surface area contributed by atoms with Crippen molar-refractivity contribution in [2.45, 2.75) is 58.5 Å². The molecule has 9 nitrogen and oxygen atoms in total. The van der Waals surface area contributed by atoms with Crippen molar-refractivity contribution in [3.05, 3.63) is 54.1 Å². The highest BCUT2D eigenvalue weighted by molar-refractivity contribution is 7.92. The smallest absolute Gasteiger partial charge is 0.242 e. The molecule has 0 radical (unpaired) electrons. The first kappa shape index (κ1) is 31.0. The lowest BCUT2D eigenvalue weighted by Gasteiger charge is -2.31. The second-order valence-corrected chi connectivity index (χ2v) is 11.0. The lowest BCUT2D eigenvalue weighted by atomic mass is 10.1. The Balaban J connectivity index is 2.21. The Morgan fingerprint density at radius 3 is 2.24 bits per heavy atom. The van der Waals surface area contributed by atoms with Crippen molar-refractivity contribution in [1.82, 2.24) is 10.2 Å². The summed E-state index contributed by atoms with van der Waals surface area (Å²) in [7, 11) is -0.450. The highest BCUT2D eigenvalue weighted by Crippen LogP contribution is 2.23. The van der Waals surface area contributed by atoms with Gasteiger partial charge < -0.3 is 19.7 Å². The van der Waals surface area contributed by atoms with Gasteiger partial charge in [0.1, 0.15) is 17.5 Å². The standard InChI is InChI=1S/C28H41N3O6S/c1-6-8-18-29-28(33)26(7-2)30(21-22-11-9-12-25(20-22)37-4)27(32)13-10-19-31(38(5,34)35)23-14-16-24(36-3)17-15-23/h9,11-12,14-17,20,26H,6-8,10,13,18-19,21H2,1-5H3,(H,29,33)/t26-/m1/s1. The summed E-state index contributed by atoms with van der Waals surface area (Å²) in [6, 6.07) is 13.5. The molecule has 210 valence electrons. The minimum absolute atomic E-state index is 0.0882. The number of amides is 2. The second kappa shape index (κ2) is 15.2. The summed E-state index contributed by atoms with van der Waals surface area (Å²) >= 11 is 0. The molecular weight excluding hydrogens is 506 g/mol. The fourth-order valence-corrected chi connectivity index (χ4v) is 5.11. The highest BCUT2D eigenvalue weighted by Gasteiger charge is 2.29. The van der Waals surface area contributed by atoms with Gasteiger partial charge in [0.05, 0.1) is 26.2 Å². The average Bonchev–Trinajstić information content (AvgIpc) is 2.90. The van der Waals surface area contributed by atoms with Crippen molar-refractivity contribution < 1.29 is 27.5 Å². The first-order chi connectivity index (χ1) is 18.1. The molecule has 0 heterocycles. The predicted octanol–water partition coefficient (Wildman–Crippen LogP) is 3.97. The molecule has 0 saturated heterocycles. The minimum atomic E-state index is -3.57. The molecule has 0 spiro atoms. The van der Waals surface area contributed by atoms with E-state index < -0.39 is 16.1 Å². The molecule has 2 rings (SSSR count). The highest BCUT2D eigenvalue weighted by atomic mass is 32.2. The molecule has 0 bridgehead atoms. The number of nitrogens with one attached hydrogen (secondary N) is 1. The van der Waals surface area contributed by atoms with Gasteiger partial charge in [-0.3, -0.25) is 13.9 Å². The zero-order chi connectivity index (χ0) is 28.1. The third-order valence-electron chi connectivity index (χ3n) is 6.22. The van der Waals surface area contributed by atoms with E-state index in [0.717, 1.165) is 24.7 Å². The molecule has 2 amide bonds. The van der Waals surface area contributed by atoms with Gasteiger partial charge in [-0.2, -0.15) is 0 Å². The quantitative estimate of drug-likeness (QED) is 0.319. The van der Waals surface area contributed by atoms with E-state index in [0.29, 0.717) is 36.6 Å². The molecular formula is C28H41N3O6S. The Morgan fingerprint density at radius 2 is 1.66 bits per heavy atom. The summed E-state index contributed by atoms with van der Waals surface area (Å²) in [5.74, 6) is 0.883. The van der Waals surface area contributed by atoms with Crippen molar-refractivity contribution >= 4 is 27.5 Å². The summed E-state index contributed by atoms with van der Waals surface area (Å²) in [5.41, 5.74) is 1.34. The van der Waals surface area contributed by atoms with Crippen molar-refractivity contribution in [3.63, 3.8) is 0 Å². The predicted molar refractivity (Wildman–Crippen MR) is 150 cm³/mol. The molecule has 0 fully saturated rings. The van der Waals surface area contributed by atoms with Gasteiger partial charge in [0, 0.05) is 26.1 Å². The van der Waals surface area contributed by atoms with Gasteiger partial charge >= 0.3 is 0 Å². The molecule has 0 aliphatic heterocycles. The normalized spacial score (nSPS) is 11.9. The maximum atomic E-state index is 13.5. The van der Waals surface area contributed by atoms with Crippen LogP contribution in [0.3, 0.4) is 0 Å². The average molecular weight is 548 g/mol. The first-order valence-corrected chi connectivity index (χ1v) is 14.8. The second-order valence-electron chi connectivity index (χ2n) is 9.08. The number of carbonyl (C=O) groups excluding carboxylic acids is 2. The third-order valence-corrected chi connectivity index (χ3v) is 7.41. The van der Waals surface area contributed by atoms with E-state index in [1.54, 1.807) is 43.4 Å². The number of carbonyl (C=O) groups is 2. The molecule has 1 atom stereocenters. The molecule has 0 saturated carbocycles. The van der Waals surface area contributed by atoms with Gasteiger partial charge in [0.25, 0.3) is 0 Å². The number of benzene rings is 2. The summed E-state index contributed by atoms with van der Waals surface area (Å²) in [6.45, 7) is 4.85. The molecule has 0 aromatic heterocycles. The summed E-state index contributed by atoms with van der Waals surface area (Å²) < 4.78 is 36.8. The monoisotopic (exact) mass is 547 g/mol. The summed E-state index contributed by atoms with van der Waals surface area (Å²) in [4.78, 5) is 28.1. The van der Waals surface area contributed by atoms with Crippen LogP contribution in [0, 0.1) is 0 Å². The van der Waals surface area contributed by atoms with E-state index in [9.17, 15) is 18.0 Å². The maximum absolute atomic E-state index is 13.5. The SMILES string of the molecule is CCCCNC(=O)[C@@H](CC)N(Cc1cccc(OC)c1)C(=O)CCCN(c1ccc(OC)cc1)S(C)(=O)=O. The lowest BCUT2D eigenvalue weighted by Crippen LogP contribution is -2.49. The van der Waals surface area contributed by atoms with Crippen LogP contribution < -0.4 is 19.1 Å². The van der Waals surface area contributed by atoms with Crippen molar-refractivity contribution in [1.29, 1.82) is 0 Å². The molecule has 0 aliphatic rings. The first-order valence-electron chi connectivity index (χ1n) is 13.0. The number of anilines is 1. The van der Waals surface area contributed by atoms with E-state index in [4.69, 9.17) is 9.47 Å². The Kier molecular flexibility index (Phi) is 12.4. The molecule has 38 heavy (non-hydrogen) atoms. The number of sulfonamides is 1. The summed E-state index contributed by atoms with van der Waals surface area (Å²) in [5, 5.41) is 2.95. The zero-order valence-corrected chi connectivity index (χ0v) is 23.9. The van der Waals surface area contributed by atoms with Crippen LogP contribution in [0.25, 0.3) is 0 Å². The Morgan fingerprint density at radius 1 is 0.974 bits per heavy atom. The van der Waals surface area contributed by atoms with Gasteiger partial charge in [-0.05, 0) is 61.2 Å². The number of unbranched alkanes of at least 4 members (excludes halogenated alkanes) is 1. The topological polar surface area (TPSA) is 105 Å². The fraction of sp³-hybridized carbons (Fsp3) is 0.500. The van der Waals surface area contributed by atoms with Crippen LogP contribution in [-0.4, -0.2) is 64.7 Å². The lowest BCUT2D eigenvalue weighted by molar-refractivity contribution is -0.141. The minimum Gasteiger partial charge on any atom is -0.497 e. The molecule has 2 aromatic rings. The number of ether oxygens (including phenoxy) is 2. The number of methoxy groups -OCH3 is 2. The van der Waals surface area contributed by atoms with Gasteiger partial charge in [-0.1, -0.05) is 32.4 Å². The van der Waals surface area contributed by atoms with Crippen molar-refractivity contribution in [2.24, 2.45) is 0 Å². The van der Waals surface area contributed by atoms with Crippen LogP contribution in [0.15, 0.2) is 48.5 Å². The van der Waals surface area contributed by atoms with Gasteiger partial charge in [0.15, 0.2) is 0 Å². The molecule has 10 heteroatoms. The van der Waals surface area contributed by atoms with Gasteiger partial charge in [0.2, 0.25) is 21.8 Å². The van der Waals surface area contributed by atoms with E-state index in [1.807, 2.05) is 38.1 Å². The van der Waals surface area contributed by atoms with E-state index in [2.05, 4.69) is 5.32 Å². The van der Waals surface area contributed by atoms with Crippen LogP contribution in [0.4, 0.5) is 5.69 Å². The van der Waals surface area contributed by atoms with Crippen LogP contribution in [-0.2, 0) is 26.2 Å². The number of hydrogen-bond donors (Lipinski definition) is 1. The van der Waals surface area contributed by atoms with E-state index in [-0.39, 0.29) is 31.3 Å². The molecule has 0 aliphatic carbocycles. The Bertz CT molecular complexity index is 1140. The Hall–Kier alpha value is -3.27. The van der Waals surface area contributed by atoms with Gasteiger partial charge in [-0.25, -0.2) is 8.42 Å². The molecule has 2 aromatic carbocycles. The van der Waals surface area contributed by atoms with E-state index >= 15 is 0 Å². The van der Waals surface area contributed by atoms with Crippen LogP contribution in [0.2, 0.25) is 0 Å². The fourth-order valence-electron chi connectivity index (χ4n) is 4.15. The third kappa shape index (κ3) is 9.24. The zero-order valence-electron chi connectivity index (χ0n) is 23.1. The van der Waals surface area contributed by atoms with Crippen LogP contribution in [0.1, 0.15) is 51.5 Å². The van der Waals surface area contributed by atoms with Crippen molar-refractivity contribution in [2.75, 3.05) is 37.9 Å². The molecule has 0 unspecified atom stereocenters. The number of nitrogens with zero attached hydrogens (tertiary/aromatic N) is 2. The number of hydrogen-bond acceptors (Lipinski definition) is 6. The van der Waals surface area contributed by atoms with Crippen LogP contribution in [0.5, 0.6) is 11.5 Å². The van der Waals surface area contributed by atoms with Gasteiger partial charge in [-0.15, -0.1) is 0 Å². The Labute approximate surface area is 227 Å². The number of rotatable bonds is 16. The summed E-state index contributed by atoms with van der Waals surface area (Å²) in [6.07, 6.45) is 3.79. The maximum Gasteiger partial charge on any atom is 0.242 e. The molecule has 1 N–H and O–H groups in total. The largest absolute Gasteiger partial charge is 0.497 e.